The third-order valence-electron chi connectivity index (χ3n) is 3.01. The minimum atomic E-state index is -2.94. The zero-order valence-corrected chi connectivity index (χ0v) is 14.3. The molecule has 2 aromatic carbocycles. The molecule has 0 heterocycles. The van der Waals surface area contributed by atoms with Gasteiger partial charge in [-0.2, -0.15) is 8.78 Å². The summed E-state index contributed by atoms with van der Waals surface area (Å²) in [6, 6.07) is 13.4. The first kappa shape index (κ1) is 18.2. The number of hydrogen-bond donors (Lipinski definition) is 1. The summed E-state index contributed by atoms with van der Waals surface area (Å²) in [6.07, 6.45) is 0.708. The van der Waals surface area contributed by atoms with Crippen LogP contribution in [0, 0.1) is 0 Å². The number of alkyl halides is 2. The second-order valence-electron chi connectivity index (χ2n) is 4.83. The predicted octanol–water partition coefficient (Wildman–Crippen LogP) is 4.85. The Kier molecular flexibility index (Phi) is 6.99. The summed E-state index contributed by atoms with van der Waals surface area (Å²) in [5.74, 6) is 0.362. The molecule has 0 aliphatic heterocycles. The van der Waals surface area contributed by atoms with Gasteiger partial charge in [0, 0.05) is 10.9 Å². The van der Waals surface area contributed by atoms with E-state index in [0.717, 1.165) is 4.47 Å². The molecule has 0 aliphatic carbocycles. The van der Waals surface area contributed by atoms with E-state index in [-0.39, 0.29) is 23.8 Å². The van der Waals surface area contributed by atoms with Gasteiger partial charge in [-0.3, -0.25) is 4.79 Å². The van der Waals surface area contributed by atoms with Gasteiger partial charge in [-0.15, -0.1) is 0 Å². The number of carbonyl (C=O) groups is 1. The van der Waals surface area contributed by atoms with Crippen LogP contribution in [-0.2, 0) is 4.79 Å². The van der Waals surface area contributed by atoms with Crippen LogP contribution in [-0.4, -0.2) is 19.1 Å². The first-order chi connectivity index (χ1) is 11.5. The summed E-state index contributed by atoms with van der Waals surface area (Å²) in [6.45, 7) is -2.56. The van der Waals surface area contributed by atoms with E-state index >= 15 is 0 Å². The highest BCUT2D eigenvalue weighted by Gasteiger charge is 2.11. The van der Waals surface area contributed by atoms with Crippen molar-refractivity contribution in [2.24, 2.45) is 0 Å². The number of hydrogen-bond acceptors (Lipinski definition) is 3. The number of amides is 1. The number of carbonyl (C=O) groups excluding carboxylic acids is 1. The van der Waals surface area contributed by atoms with E-state index in [1.54, 1.807) is 12.1 Å². The van der Waals surface area contributed by atoms with E-state index in [4.69, 9.17) is 4.74 Å². The molecule has 0 aliphatic rings. The van der Waals surface area contributed by atoms with Gasteiger partial charge < -0.3 is 14.8 Å². The molecule has 2 aromatic rings. The summed E-state index contributed by atoms with van der Waals surface area (Å²) < 4.78 is 35.5. The minimum absolute atomic E-state index is 0.0630. The monoisotopic (exact) mass is 399 g/mol. The van der Waals surface area contributed by atoms with E-state index in [2.05, 4.69) is 26.0 Å². The molecule has 0 fully saturated rings. The lowest BCUT2D eigenvalue weighted by Crippen LogP contribution is -2.14. The average Bonchev–Trinajstić information content (AvgIpc) is 2.55. The standard InChI is InChI=1S/C17H16BrF2NO3/c18-12-7-9-13(10-8-12)23-11-3-6-16(22)21-14-4-1-2-5-15(14)24-17(19)20/h1-2,4-5,7-10,17H,3,6,11H2,(H,21,22). The van der Waals surface area contributed by atoms with Crippen LogP contribution in [0.3, 0.4) is 0 Å². The lowest BCUT2D eigenvalue weighted by atomic mass is 10.2. The highest BCUT2D eigenvalue weighted by molar-refractivity contribution is 9.10. The quantitative estimate of drug-likeness (QED) is 0.645. The third kappa shape index (κ3) is 6.16. The molecule has 128 valence electrons. The van der Waals surface area contributed by atoms with Gasteiger partial charge in [0.25, 0.3) is 0 Å². The maximum atomic E-state index is 12.3. The maximum absolute atomic E-state index is 12.3. The Morgan fingerprint density at radius 2 is 1.83 bits per heavy atom. The smallest absolute Gasteiger partial charge is 0.387 e. The van der Waals surface area contributed by atoms with Gasteiger partial charge in [-0.1, -0.05) is 28.1 Å². The minimum Gasteiger partial charge on any atom is -0.494 e. The van der Waals surface area contributed by atoms with Crippen molar-refractivity contribution in [1.82, 2.24) is 0 Å². The molecule has 0 bridgehead atoms. The predicted molar refractivity (Wildman–Crippen MR) is 90.6 cm³/mol. The number of halogens is 3. The molecular formula is C17H16BrF2NO3. The van der Waals surface area contributed by atoms with Gasteiger partial charge in [0.05, 0.1) is 12.3 Å². The molecule has 0 aromatic heterocycles. The van der Waals surface area contributed by atoms with Gasteiger partial charge in [-0.25, -0.2) is 0 Å². The van der Waals surface area contributed by atoms with Crippen LogP contribution >= 0.6 is 15.9 Å². The van der Waals surface area contributed by atoms with Crippen molar-refractivity contribution in [3.05, 3.63) is 53.0 Å². The third-order valence-corrected chi connectivity index (χ3v) is 3.54. The molecule has 4 nitrogen and oxygen atoms in total. The van der Waals surface area contributed by atoms with Gasteiger partial charge >= 0.3 is 6.61 Å². The van der Waals surface area contributed by atoms with Crippen molar-refractivity contribution in [1.29, 1.82) is 0 Å². The molecule has 0 atom stereocenters. The van der Waals surface area contributed by atoms with E-state index < -0.39 is 6.61 Å². The zero-order valence-electron chi connectivity index (χ0n) is 12.7. The topological polar surface area (TPSA) is 47.6 Å². The first-order valence-corrected chi connectivity index (χ1v) is 8.06. The van der Waals surface area contributed by atoms with E-state index in [1.807, 2.05) is 24.3 Å². The summed E-state index contributed by atoms with van der Waals surface area (Å²) in [7, 11) is 0. The largest absolute Gasteiger partial charge is 0.494 e. The number of ether oxygens (including phenoxy) is 2. The van der Waals surface area contributed by atoms with Crippen molar-refractivity contribution in [2.75, 3.05) is 11.9 Å². The molecule has 0 unspecified atom stereocenters. The van der Waals surface area contributed by atoms with Crippen LogP contribution in [0.25, 0.3) is 0 Å². The Morgan fingerprint density at radius 3 is 2.54 bits per heavy atom. The van der Waals surface area contributed by atoms with Crippen molar-refractivity contribution >= 4 is 27.5 Å². The Balaban J connectivity index is 1.76. The SMILES string of the molecule is O=C(CCCOc1ccc(Br)cc1)Nc1ccccc1OC(F)F. The summed E-state index contributed by atoms with van der Waals surface area (Å²) in [5, 5.41) is 2.56. The van der Waals surface area contributed by atoms with E-state index in [1.165, 1.54) is 12.1 Å². The fourth-order valence-electron chi connectivity index (χ4n) is 1.93. The van der Waals surface area contributed by atoms with Gasteiger partial charge in [-0.05, 0) is 42.8 Å². The fraction of sp³-hybridized carbons (Fsp3) is 0.235. The molecule has 0 saturated heterocycles. The Bertz CT molecular complexity index is 665. The van der Waals surface area contributed by atoms with Crippen LogP contribution in [0.15, 0.2) is 53.0 Å². The molecule has 2 rings (SSSR count). The molecular weight excluding hydrogens is 384 g/mol. The van der Waals surface area contributed by atoms with Crippen molar-refractivity contribution < 1.29 is 23.0 Å². The summed E-state index contributed by atoms with van der Waals surface area (Å²) in [4.78, 5) is 11.9. The number of benzene rings is 2. The van der Waals surface area contributed by atoms with Crippen molar-refractivity contribution in [3.8, 4) is 11.5 Å². The molecule has 24 heavy (non-hydrogen) atoms. The van der Waals surface area contributed by atoms with Crippen LogP contribution in [0.4, 0.5) is 14.5 Å². The zero-order chi connectivity index (χ0) is 17.4. The lowest BCUT2D eigenvalue weighted by molar-refractivity contribution is -0.116. The number of anilines is 1. The fourth-order valence-corrected chi connectivity index (χ4v) is 2.20. The highest BCUT2D eigenvalue weighted by atomic mass is 79.9. The first-order valence-electron chi connectivity index (χ1n) is 7.26. The van der Waals surface area contributed by atoms with E-state index in [0.29, 0.717) is 18.8 Å². The number of nitrogens with one attached hydrogen (secondary N) is 1. The Hall–Kier alpha value is -2.15. The Morgan fingerprint density at radius 1 is 1.12 bits per heavy atom. The second-order valence-corrected chi connectivity index (χ2v) is 5.74. The molecule has 0 radical (unpaired) electrons. The molecule has 1 amide bonds. The normalized spacial score (nSPS) is 10.5. The Labute approximate surface area is 146 Å². The highest BCUT2D eigenvalue weighted by Crippen LogP contribution is 2.25. The molecule has 1 N–H and O–H groups in total. The molecule has 0 spiro atoms. The van der Waals surface area contributed by atoms with Crippen LogP contribution in [0.2, 0.25) is 0 Å². The summed E-state index contributed by atoms with van der Waals surface area (Å²) >= 11 is 3.33. The van der Waals surface area contributed by atoms with Crippen molar-refractivity contribution in [3.63, 3.8) is 0 Å². The van der Waals surface area contributed by atoms with Crippen LogP contribution < -0.4 is 14.8 Å². The number of para-hydroxylation sites is 2. The number of rotatable bonds is 8. The molecule has 7 heteroatoms. The average molecular weight is 400 g/mol. The van der Waals surface area contributed by atoms with Gasteiger partial charge in [0.1, 0.15) is 11.5 Å². The van der Waals surface area contributed by atoms with Crippen LogP contribution in [0.5, 0.6) is 11.5 Å². The molecule has 0 saturated carbocycles. The summed E-state index contributed by atoms with van der Waals surface area (Å²) in [5.41, 5.74) is 0.219. The van der Waals surface area contributed by atoms with E-state index in [9.17, 15) is 13.6 Å². The maximum Gasteiger partial charge on any atom is 0.387 e. The van der Waals surface area contributed by atoms with Gasteiger partial charge in [0.2, 0.25) is 5.91 Å². The van der Waals surface area contributed by atoms with Gasteiger partial charge in [0.15, 0.2) is 0 Å². The van der Waals surface area contributed by atoms with Crippen molar-refractivity contribution in [2.45, 2.75) is 19.5 Å². The second kappa shape index (κ2) is 9.22. The van der Waals surface area contributed by atoms with Crippen LogP contribution in [0.1, 0.15) is 12.8 Å². The lowest BCUT2D eigenvalue weighted by Gasteiger charge is -2.11.